The van der Waals surface area contributed by atoms with Crippen molar-refractivity contribution in [2.75, 3.05) is 6.54 Å². The smallest absolute Gasteiger partial charge is 0.223 e. The number of carbonyl (C=O) groups excluding carboxylic acids is 1. The predicted octanol–water partition coefficient (Wildman–Crippen LogP) is 3.40. The van der Waals surface area contributed by atoms with Crippen LogP contribution in [0, 0.1) is 20.8 Å². The van der Waals surface area contributed by atoms with Gasteiger partial charge in [-0.05, 0) is 62.3 Å². The summed E-state index contributed by atoms with van der Waals surface area (Å²) in [6, 6.07) is 4.51. The van der Waals surface area contributed by atoms with Crippen LogP contribution < -0.4 is 5.73 Å². The van der Waals surface area contributed by atoms with E-state index in [1.54, 1.807) is 0 Å². The van der Waals surface area contributed by atoms with Gasteiger partial charge in [0.25, 0.3) is 0 Å². The van der Waals surface area contributed by atoms with Crippen LogP contribution in [0.4, 0.5) is 0 Å². The highest BCUT2D eigenvalue weighted by molar-refractivity contribution is 5.77. The molecule has 1 aliphatic heterocycles. The van der Waals surface area contributed by atoms with E-state index >= 15 is 0 Å². The minimum absolute atomic E-state index is 0.0271. The molecule has 1 aromatic rings. The molecule has 2 N–H and O–H groups in total. The van der Waals surface area contributed by atoms with Gasteiger partial charge in [-0.15, -0.1) is 0 Å². The lowest BCUT2D eigenvalue weighted by atomic mass is 9.90. The maximum absolute atomic E-state index is 12.5. The van der Waals surface area contributed by atoms with Gasteiger partial charge in [-0.1, -0.05) is 19.1 Å². The largest absolute Gasteiger partial charge is 0.334 e. The molecule has 2 unspecified atom stereocenters. The van der Waals surface area contributed by atoms with Crippen LogP contribution in [0.2, 0.25) is 0 Å². The third-order valence-corrected chi connectivity index (χ3v) is 4.66. The Morgan fingerprint density at radius 2 is 1.86 bits per heavy atom. The van der Waals surface area contributed by atoms with E-state index in [2.05, 4.69) is 39.8 Å². The molecule has 2 rings (SSSR count). The van der Waals surface area contributed by atoms with Crippen LogP contribution in [-0.4, -0.2) is 23.4 Å². The number of hydrogen-bond acceptors (Lipinski definition) is 2. The number of nitrogens with zero attached hydrogens (tertiary/aromatic N) is 1. The highest BCUT2D eigenvalue weighted by atomic mass is 16.2. The fourth-order valence-corrected chi connectivity index (χ4v) is 3.38. The van der Waals surface area contributed by atoms with Gasteiger partial charge in [-0.25, -0.2) is 0 Å². The first kappa shape index (κ1) is 16.0. The van der Waals surface area contributed by atoms with E-state index in [9.17, 15) is 4.79 Å². The molecule has 1 amide bonds. The van der Waals surface area contributed by atoms with Gasteiger partial charge in [-0.2, -0.15) is 0 Å². The summed E-state index contributed by atoms with van der Waals surface area (Å²) in [5, 5.41) is 0. The van der Waals surface area contributed by atoms with E-state index in [0.29, 0.717) is 6.42 Å². The van der Waals surface area contributed by atoms with Crippen LogP contribution in [-0.2, 0) is 4.79 Å². The first-order valence-electron chi connectivity index (χ1n) is 8.08. The Hall–Kier alpha value is -1.35. The van der Waals surface area contributed by atoms with Crippen LogP contribution in [0.5, 0.6) is 0 Å². The minimum Gasteiger partial charge on any atom is -0.334 e. The molecule has 1 fully saturated rings. The van der Waals surface area contributed by atoms with Crippen molar-refractivity contribution < 1.29 is 4.79 Å². The zero-order valence-corrected chi connectivity index (χ0v) is 13.8. The van der Waals surface area contributed by atoms with Gasteiger partial charge in [0.1, 0.15) is 0 Å². The van der Waals surface area contributed by atoms with Gasteiger partial charge in [0, 0.05) is 19.0 Å². The molecule has 1 heterocycles. The van der Waals surface area contributed by atoms with E-state index in [4.69, 9.17) is 5.73 Å². The predicted molar refractivity (Wildman–Crippen MR) is 87.2 cm³/mol. The summed E-state index contributed by atoms with van der Waals surface area (Å²) in [5.41, 5.74) is 11.5. The second-order valence-electron chi connectivity index (χ2n) is 6.38. The first-order valence-corrected chi connectivity index (χ1v) is 8.08. The van der Waals surface area contributed by atoms with Crippen molar-refractivity contribution in [3.8, 4) is 0 Å². The minimum atomic E-state index is 0.0271. The molecule has 0 spiro atoms. The van der Waals surface area contributed by atoms with E-state index in [0.717, 1.165) is 25.8 Å². The summed E-state index contributed by atoms with van der Waals surface area (Å²) in [5.74, 6) is 0.257. The lowest BCUT2D eigenvalue weighted by Crippen LogP contribution is -2.43. The molecule has 21 heavy (non-hydrogen) atoms. The van der Waals surface area contributed by atoms with Gasteiger partial charge in [0.2, 0.25) is 5.91 Å². The van der Waals surface area contributed by atoms with Crippen molar-refractivity contribution in [3.05, 3.63) is 34.4 Å². The van der Waals surface area contributed by atoms with E-state index in [1.807, 2.05) is 4.90 Å². The third kappa shape index (κ3) is 3.29. The third-order valence-electron chi connectivity index (χ3n) is 4.66. The van der Waals surface area contributed by atoms with Crippen molar-refractivity contribution in [2.24, 2.45) is 5.73 Å². The quantitative estimate of drug-likeness (QED) is 0.926. The van der Waals surface area contributed by atoms with E-state index in [1.165, 1.54) is 22.3 Å². The number of likely N-dealkylation sites (tertiary alicyclic amines) is 1. The molecule has 116 valence electrons. The number of hydrogen-bond donors (Lipinski definition) is 1. The number of carbonyl (C=O) groups is 1. The summed E-state index contributed by atoms with van der Waals surface area (Å²) in [4.78, 5) is 14.5. The SMILES string of the molecule is CCCN1C(=O)CCCC(N)C1c1cc(C)c(C)cc1C. The summed E-state index contributed by atoms with van der Waals surface area (Å²) in [6.45, 7) is 9.31. The maximum Gasteiger partial charge on any atom is 0.223 e. The number of rotatable bonds is 3. The summed E-state index contributed by atoms with van der Waals surface area (Å²) in [6.07, 6.45) is 3.43. The Bertz CT molecular complexity index is 524. The molecule has 1 saturated heterocycles. The molecule has 1 aliphatic rings. The lowest BCUT2D eigenvalue weighted by Gasteiger charge is -2.35. The van der Waals surface area contributed by atoms with Crippen molar-refractivity contribution in [2.45, 2.75) is 65.5 Å². The highest BCUT2D eigenvalue weighted by Gasteiger charge is 2.33. The summed E-state index contributed by atoms with van der Waals surface area (Å²) in [7, 11) is 0. The first-order chi connectivity index (χ1) is 9.95. The Morgan fingerprint density at radius 1 is 1.19 bits per heavy atom. The number of nitrogens with two attached hydrogens (primary N) is 1. The van der Waals surface area contributed by atoms with Crippen LogP contribution in [0.15, 0.2) is 12.1 Å². The highest BCUT2D eigenvalue weighted by Crippen LogP contribution is 2.33. The zero-order valence-electron chi connectivity index (χ0n) is 13.8. The van der Waals surface area contributed by atoms with Gasteiger partial charge >= 0.3 is 0 Å². The topological polar surface area (TPSA) is 46.3 Å². The van der Waals surface area contributed by atoms with Crippen LogP contribution in [0.25, 0.3) is 0 Å². The lowest BCUT2D eigenvalue weighted by molar-refractivity contribution is -0.133. The Morgan fingerprint density at radius 3 is 2.52 bits per heavy atom. The van der Waals surface area contributed by atoms with Gasteiger partial charge < -0.3 is 10.6 Å². The fourth-order valence-electron chi connectivity index (χ4n) is 3.38. The Kier molecular flexibility index (Phi) is 5.04. The van der Waals surface area contributed by atoms with Crippen molar-refractivity contribution in [3.63, 3.8) is 0 Å². The van der Waals surface area contributed by atoms with Crippen LogP contribution in [0.3, 0.4) is 0 Å². The fraction of sp³-hybridized carbons (Fsp3) is 0.611. The molecule has 2 atom stereocenters. The molecule has 0 aliphatic carbocycles. The van der Waals surface area contributed by atoms with Crippen molar-refractivity contribution >= 4 is 5.91 Å². The molecule has 1 aromatic carbocycles. The Labute approximate surface area is 128 Å². The number of aryl methyl sites for hydroxylation is 3. The van der Waals surface area contributed by atoms with Crippen LogP contribution >= 0.6 is 0 Å². The van der Waals surface area contributed by atoms with E-state index < -0.39 is 0 Å². The Balaban J connectivity index is 2.49. The molecule has 0 aromatic heterocycles. The summed E-state index contributed by atoms with van der Waals surface area (Å²) >= 11 is 0. The van der Waals surface area contributed by atoms with Gasteiger partial charge in [0.15, 0.2) is 0 Å². The van der Waals surface area contributed by atoms with E-state index in [-0.39, 0.29) is 18.0 Å². The normalized spacial score (nSPS) is 23.3. The molecular weight excluding hydrogens is 260 g/mol. The molecule has 0 bridgehead atoms. The van der Waals surface area contributed by atoms with Crippen LogP contribution in [0.1, 0.15) is 60.9 Å². The second kappa shape index (κ2) is 6.61. The van der Waals surface area contributed by atoms with Crippen molar-refractivity contribution in [1.82, 2.24) is 4.90 Å². The number of amides is 1. The molecule has 3 nitrogen and oxygen atoms in total. The van der Waals surface area contributed by atoms with Crippen molar-refractivity contribution in [1.29, 1.82) is 0 Å². The summed E-state index contributed by atoms with van der Waals surface area (Å²) < 4.78 is 0. The average molecular weight is 288 g/mol. The molecule has 0 radical (unpaired) electrons. The average Bonchev–Trinajstić information content (AvgIpc) is 2.55. The monoisotopic (exact) mass is 288 g/mol. The molecular formula is C18H28N2O. The molecule has 0 saturated carbocycles. The van der Waals surface area contributed by atoms with Gasteiger partial charge in [0.05, 0.1) is 6.04 Å². The standard InChI is InChI=1S/C18H28N2O/c1-5-9-20-17(21)8-6-7-16(19)18(20)15-11-13(3)12(2)10-14(15)4/h10-11,16,18H,5-9,19H2,1-4H3. The number of benzene rings is 1. The van der Waals surface area contributed by atoms with Gasteiger partial charge in [-0.3, -0.25) is 4.79 Å². The second-order valence-corrected chi connectivity index (χ2v) is 6.38. The molecule has 3 heteroatoms. The maximum atomic E-state index is 12.5. The zero-order chi connectivity index (χ0) is 15.6.